The molecule has 2 aromatic carbocycles. The Hall–Kier alpha value is -3.39. The van der Waals surface area contributed by atoms with Crippen molar-refractivity contribution in [3.8, 4) is 0 Å². The van der Waals surface area contributed by atoms with Crippen LogP contribution in [-0.4, -0.2) is 77.9 Å². The van der Waals surface area contributed by atoms with Crippen LogP contribution >= 0.6 is 0 Å². The van der Waals surface area contributed by atoms with Crippen LogP contribution in [-0.2, 0) is 17.8 Å². The zero-order valence-corrected chi connectivity index (χ0v) is 29.4. The average molecular weight is 644 g/mol. The van der Waals surface area contributed by atoms with E-state index in [1.165, 1.54) is 36.8 Å². The number of benzene rings is 2. The number of hydrogen-bond donors (Lipinski definition) is 2. The summed E-state index contributed by atoms with van der Waals surface area (Å²) in [5.74, 6) is 1.98. The lowest BCUT2D eigenvalue weighted by Gasteiger charge is -2.40. The monoisotopic (exact) mass is 643 g/mol. The van der Waals surface area contributed by atoms with E-state index in [9.17, 15) is 14.4 Å². The molecule has 8 heteroatoms. The van der Waals surface area contributed by atoms with E-state index in [1.54, 1.807) is 0 Å². The first-order valence-corrected chi connectivity index (χ1v) is 18.1. The highest BCUT2D eigenvalue weighted by Crippen LogP contribution is 2.35. The number of rotatable bonds is 12. The first kappa shape index (κ1) is 34.9. The zero-order valence-electron chi connectivity index (χ0n) is 29.4. The predicted octanol–water partition coefficient (Wildman–Crippen LogP) is 7.18. The molecule has 0 radical (unpaired) electrons. The minimum absolute atomic E-state index is 0.0717. The molecule has 2 fully saturated rings. The van der Waals surface area contributed by atoms with Gasteiger partial charge in [0.15, 0.2) is 5.78 Å². The van der Waals surface area contributed by atoms with E-state index in [0.717, 1.165) is 42.2 Å². The first-order valence-electron chi connectivity index (χ1n) is 18.1. The molecule has 4 amide bonds. The van der Waals surface area contributed by atoms with Crippen LogP contribution < -0.4 is 10.6 Å². The van der Waals surface area contributed by atoms with Crippen LogP contribution in [0.3, 0.4) is 0 Å². The van der Waals surface area contributed by atoms with Gasteiger partial charge in [-0.15, -0.1) is 0 Å². The molecular weight excluding hydrogens is 586 g/mol. The molecule has 0 bridgehead atoms. The largest absolute Gasteiger partial charge is 0.328 e. The van der Waals surface area contributed by atoms with E-state index in [2.05, 4.69) is 74.5 Å². The van der Waals surface area contributed by atoms with Crippen molar-refractivity contribution in [1.29, 1.82) is 0 Å². The van der Waals surface area contributed by atoms with Gasteiger partial charge in [0, 0.05) is 37.8 Å². The molecule has 0 spiro atoms. The molecule has 3 heterocycles. The van der Waals surface area contributed by atoms with Gasteiger partial charge < -0.3 is 25.3 Å². The minimum atomic E-state index is -0.563. The molecule has 2 saturated heterocycles. The van der Waals surface area contributed by atoms with Crippen molar-refractivity contribution in [2.45, 2.75) is 104 Å². The lowest BCUT2D eigenvalue weighted by atomic mass is 9.73. The van der Waals surface area contributed by atoms with Crippen molar-refractivity contribution in [2.24, 2.45) is 17.8 Å². The third-order valence-corrected chi connectivity index (χ3v) is 11.3. The molecule has 3 atom stereocenters. The number of aryl methyl sites for hydroxylation is 2. The molecule has 2 aromatic rings. The third-order valence-electron chi connectivity index (χ3n) is 11.3. The Morgan fingerprint density at radius 1 is 0.957 bits per heavy atom. The van der Waals surface area contributed by atoms with Crippen LogP contribution in [0.1, 0.15) is 87.5 Å². The van der Waals surface area contributed by atoms with Crippen LogP contribution in [0.25, 0.3) is 0 Å². The smallest absolute Gasteiger partial charge is 0.322 e. The number of likely N-dealkylation sites (tertiary alicyclic amines) is 2. The average Bonchev–Trinajstić information content (AvgIpc) is 3.07. The number of Topliss-reactive ketones (excluding diaryl/α,β-unsaturated/α-hetero) is 1. The Bertz CT molecular complexity index is 1380. The van der Waals surface area contributed by atoms with Crippen molar-refractivity contribution >= 4 is 23.5 Å². The molecule has 3 unspecified atom stereocenters. The second-order valence-corrected chi connectivity index (χ2v) is 14.6. The lowest BCUT2D eigenvalue weighted by Crippen LogP contribution is -2.54. The summed E-state index contributed by atoms with van der Waals surface area (Å²) in [6, 6.07) is 13.5. The SMILES string of the molecule is CCCC(C(C)CCC(=O)C(Cc1ccc(C)c(C)c1)NC(=O)N1CCC(N2Cc3ccccc3NC2=O)CC1)C1CCN(C)CC1. The van der Waals surface area contributed by atoms with Gasteiger partial charge in [-0.3, -0.25) is 4.79 Å². The second-order valence-electron chi connectivity index (χ2n) is 14.6. The summed E-state index contributed by atoms with van der Waals surface area (Å²) in [5.41, 5.74) is 5.48. The summed E-state index contributed by atoms with van der Waals surface area (Å²) in [4.78, 5) is 46.6. The van der Waals surface area contributed by atoms with Crippen LogP contribution in [0, 0.1) is 31.6 Å². The summed E-state index contributed by atoms with van der Waals surface area (Å²) < 4.78 is 0. The number of nitrogens with one attached hydrogen (secondary N) is 2. The van der Waals surface area contributed by atoms with E-state index in [4.69, 9.17) is 0 Å². The highest BCUT2D eigenvalue weighted by atomic mass is 16.2. The van der Waals surface area contributed by atoms with Gasteiger partial charge in [0.1, 0.15) is 0 Å². The Morgan fingerprint density at radius 2 is 1.68 bits per heavy atom. The van der Waals surface area contributed by atoms with Crippen molar-refractivity contribution in [3.63, 3.8) is 0 Å². The number of urea groups is 2. The van der Waals surface area contributed by atoms with E-state index in [1.807, 2.05) is 28.0 Å². The highest BCUT2D eigenvalue weighted by Gasteiger charge is 2.34. The number of anilines is 1. The summed E-state index contributed by atoms with van der Waals surface area (Å²) in [6.45, 7) is 12.8. The number of fused-ring (bicyclic) bond motifs is 1. The normalized spacial score (nSPS) is 19.9. The number of nitrogens with zero attached hydrogens (tertiary/aromatic N) is 3. The molecule has 0 saturated carbocycles. The molecule has 256 valence electrons. The Balaban J connectivity index is 1.20. The van der Waals surface area contributed by atoms with Gasteiger partial charge in [0.2, 0.25) is 0 Å². The Morgan fingerprint density at radius 3 is 2.38 bits per heavy atom. The van der Waals surface area contributed by atoms with Gasteiger partial charge in [-0.05, 0) is 119 Å². The van der Waals surface area contributed by atoms with Gasteiger partial charge >= 0.3 is 12.1 Å². The molecule has 47 heavy (non-hydrogen) atoms. The van der Waals surface area contributed by atoms with Crippen LogP contribution in [0.4, 0.5) is 15.3 Å². The number of amides is 4. The van der Waals surface area contributed by atoms with Gasteiger partial charge in [-0.2, -0.15) is 0 Å². The van der Waals surface area contributed by atoms with Gasteiger partial charge in [-0.25, -0.2) is 9.59 Å². The Kier molecular flexibility index (Phi) is 12.0. The second kappa shape index (κ2) is 16.1. The van der Waals surface area contributed by atoms with Crippen molar-refractivity contribution in [3.05, 3.63) is 64.7 Å². The molecule has 0 aromatic heterocycles. The lowest BCUT2D eigenvalue weighted by molar-refractivity contribution is -0.121. The molecule has 8 nitrogen and oxygen atoms in total. The zero-order chi connectivity index (χ0) is 33.5. The summed E-state index contributed by atoms with van der Waals surface area (Å²) in [7, 11) is 2.21. The molecule has 3 aliphatic heterocycles. The fraction of sp³-hybridized carbons (Fsp3) is 0.615. The topological polar surface area (TPSA) is 85.0 Å². The van der Waals surface area contributed by atoms with E-state index in [-0.39, 0.29) is 23.9 Å². The molecule has 0 aliphatic carbocycles. The molecule has 3 aliphatic rings. The quantitative estimate of drug-likeness (QED) is 0.257. The van der Waals surface area contributed by atoms with Crippen LogP contribution in [0.2, 0.25) is 0 Å². The summed E-state index contributed by atoms with van der Waals surface area (Å²) in [5, 5.41) is 6.19. The van der Waals surface area contributed by atoms with Crippen LogP contribution in [0.15, 0.2) is 42.5 Å². The number of carbonyl (C=O) groups is 3. The van der Waals surface area contributed by atoms with Crippen molar-refractivity contribution < 1.29 is 14.4 Å². The number of ketones is 1. The summed E-state index contributed by atoms with van der Waals surface area (Å²) >= 11 is 0. The first-order chi connectivity index (χ1) is 22.6. The third kappa shape index (κ3) is 8.95. The van der Waals surface area contributed by atoms with Crippen molar-refractivity contribution in [2.75, 3.05) is 38.5 Å². The van der Waals surface area contributed by atoms with Gasteiger partial charge in [0.25, 0.3) is 0 Å². The fourth-order valence-electron chi connectivity index (χ4n) is 8.08. The maximum Gasteiger partial charge on any atom is 0.322 e. The molecule has 2 N–H and O–H groups in total. The minimum Gasteiger partial charge on any atom is -0.328 e. The predicted molar refractivity (Wildman–Crippen MR) is 190 cm³/mol. The highest BCUT2D eigenvalue weighted by molar-refractivity contribution is 5.92. The number of piperidine rings is 2. The Labute approximate surface area is 282 Å². The molecule has 5 rings (SSSR count). The van der Waals surface area contributed by atoms with E-state index >= 15 is 0 Å². The maximum absolute atomic E-state index is 13.9. The van der Waals surface area contributed by atoms with Crippen LogP contribution in [0.5, 0.6) is 0 Å². The van der Waals surface area contributed by atoms with E-state index in [0.29, 0.717) is 57.2 Å². The van der Waals surface area contributed by atoms with Gasteiger partial charge in [0.05, 0.1) is 6.04 Å². The van der Waals surface area contributed by atoms with E-state index < -0.39 is 6.04 Å². The maximum atomic E-state index is 13.9. The standard InChI is InChI=1S/C39H57N5O3/c1-6-9-34(31-16-20-42(5)21-17-31)28(3)13-15-37(45)36(25-30-14-12-27(2)29(4)24-30)41-38(46)43-22-18-33(19-23-43)44-26-32-10-7-8-11-35(32)40-39(44)47/h7-8,10-12,14,24,28,31,33-34,36H,6,9,13,15-23,25-26H2,1-5H3,(H,40,47)(H,41,46). The number of hydrogen-bond acceptors (Lipinski definition) is 4. The van der Waals surface area contributed by atoms with Crippen molar-refractivity contribution in [1.82, 2.24) is 20.0 Å². The number of para-hydroxylation sites is 1. The number of carbonyl (C=O) groups excluding carboxylic acids is 3. The molecular formula is C39H57N5O3. The fourth-order valence-corrected chi connectivity index (χ4v) is 8.08. The summed E-state index contributed by atoms with van der Waals surface area (Å²) in [6.07, 6.45) is 8.16. The van der Waals surface area contributed by atoms with Gasteiger partial charge in [-0.1, -0.05) is 63.1 Å².